The van der Waals surface area contributed by atoms with Crippen LogP contribution in [0.15, 0.2) is 101 Å². The first-order chi connectivity index (χ1) is 19.0. The van der Waals surface area contributed by atoms with E-state index in [9.17, 15) is 0 Å². The smallest absolute Gasteiger partial charge is 0.220 e. The van der Waals surface area contributed by atoms with Crippen molar-refractivity contribution in [1.82, 2.24) is 0 Å². The first kappa shape index (κ1) is 20.9. The van der Waals surface area contributed by atoms with Gasteiger partial charge in [-0.3, -0.25) is 10.8 Å². The minimum Gasteiger partial charge on any atom is -1.00 e. The molecule has 0 atom stereocenters. The first-order valence-electron chi connectivity index (χ1n) is 13.4. The molecule has 0 bridgehead atoms. The molecular formula is C28H27Cl2N7. The van der Waals surface area contributed by atoms with Gasteiger partial charge in [-0.1, -0.05) is 41.6 Å². The number of nitrogens with two attached hydrogens (primary N) is 2. The number of nitrogens with zero attached hydrogens (tertiary/aromatic N) is 3. The maximum atomic E-state index is 8.79. The predicted octanol–water partition coefficient (Wildman–Crippen LogP) is 3.37. The normalized spacial score (nSPS) is 13.5. The van der Waals surface area contributed by atoms with Crippen LogP contribution >= 0.6 is 12.4 Å². The largest absolute Gasteiger partial charge is 1.00 e. The summed E-state index contributed by atoms with van der Waals surface area (Å²) in [6.07, 6.45) is 0. The summed E-state index contributed by atoms with van der Waals surface area (Å²) in [4.78, 5) is 0. The van der Waals surface area contributed by atoms with Crippen LogP contribution in [0.1, 0.15) is 19.3 Å². The third kappa shape index (κ3) is 5.48. The van der Waals surface area contributed by atoms with Crippen LogP contribution in [0.2, 0.25) is 0 Å². The van der Waals surface area contributed by atoms with Crippen LogP contribution in [0.3, 0.4) is 0 Å². The zero-order valence-electron chi connectivity index (χ0n) is 24.4. The van der Waals surface area contributed by atoms with E-state index in [1.165, 1.54) is 4.57 Å². The number of halogens is 2. The maximum absolute atomic E-state index is 8.79. The number of nitrogen functional groups attached to an aromatic ring is 2. The minimum atomic E-state index is -2.98. The Hall–Kier alpha value is -4.20. The molecular weight excluding hydrogens is 505 g/mol. The molecule has 5 rings (SSSR count). The Morgan fingerprint density at radius 2 is 1.76 bits per heavy atom. The molecule has 1 heterocycles. The van der Waals surface area contributed by atoms with E-state index in [2.05, 4.69) is 15.8 Å². The van der Waals surface area contributed by atoms with Gasteiger partial charge in [0.25, 0.3) is 0 Å². The van der Waals surface area contributed by atoms with Crippen LogP contribution < -0.4 is 33.9 Å². The van der Waals surface area contributed by atoms with Crippen molar-refractivity contribution < 1.29 is 23.8 Å². The molecule has 0 aliphatic carbocycles. The molecule has 7 nitrogen and oxygen atoms in total. The van der Waals surface area contributed by atoms with E-state index in [0.29, 0.717) is 50.2 Å². The number of anilines is 2. The van der Waals surface area contributed by atoms with Crippen molar-refractivity contribution in [3.05, 3.63) is 96.6 Å². The fraction of sp³-hybridized carbons (Fsp3) is 0.0714. The number of fused-ring (bicyclic) bond motifs is 3. The summed E-state index contributed by atoms with van der Waals surface area (Å²) < 4.78 is 43.0. The molecule has 6 N–H and O–H groups in total. The molecule has 0 spiro atoms. The summed E-state index contributed by atoms with van der Waals surface area (Å²) in [6, 6.07) is 26.4. The number of rotatable bonds is 6. The Morgan fingerprint density at radius 1 is 0.973 bits per heavy atom. The Balaban J connectivity index is 0.00000242. The first-order valence-corrected chi connectivity index (χ1v) is 10.9. The number of aryl methyl sites for hydroxylation is 1. The molecule has 0 unspecified atom stereocenters. The molecule has 9 heteroatoms. The van der Waals surface area contributed by atoms with E-state index in [1.807, 2.05) is 24.3 Å². The number of nitrogens with one attached hydrogen (secondary N) is 2. The molecule has 0 radical (unpaired) electrons. The number of pyridine rings is 1. The lowest BCUT2D eigenvalue weighted by Gasteiger charge is -2.12. The van der Waals surface area contributed by atoms with Crippen molar-refractivity contribution in [3.63, 3.8) is 0 Å². The molecule has 1 aromatic heterocycles. The summed E-state index contributed by atoms with van der Waals surface area (Å²) in [7, 11) is 0. The van der Waals surface area contributed by atoms with Gasteiger partial charge in [0.1, 0.15) is 15.1 Å². The van der Waals surface area contributed by atoms with E-state index in [4.69, 9.17) is 23.7 Å². The van der Waals surface area contributed by atoms with Crippen molar-refractivity contribution in [2.45, 2.75) is 13.3 Å². The standard InChI is InChI=1S/C28H25N7.2ClH/c1-2-35-26-16-20(29)11-13-24(26)23-14-12-22(17-25(23)27(35)18-7-4-3-5-8-18)33-34-32-21-10-6-9-19(15-21)28(30)31;;/h3-17,29H,2H2,1H3,(H4,30,31,32,33);2*1H/i1D3,2D2;;. The van der Waals surface area contributed by atoms with Crippen molar-refractivity contribution in [3.8, 4) is 11.3 Å². The predicted molar refractivity (Wildman–Crippen MR) is 150 cm³/mol. The molecule has 37 heavy (non-hydrogen) atoms. The lowest BCUT2D eigenvalue weighted by molar-refractivity contribution is -0.655. The summed E-state index contributed by atoms with van der Waals surface area (Å²) in [5, 5.41) is 18.0. The van der Waals surface area contributed by atoms with E-state index >= 15 is 0 Å². The van der Waals surface area contributed by atoms with Crippen LogP contribution in [0.5, 0.6) is 0 Å². The zero-order chi connectivity index (χ0) is 28.7. The molecule has 0 aliphatic heterocycles. The number of hydrogen-bond donors (Lipinski definition) is 4. The number of hydrogen-bond acceptors (Lipinski definition) is 4. The highest BCUT2D eigenvalue weighted by molar-refractivity contribution is 6.10. The molecule has 0 aliphatic rings. The Kier molecular flexibility index (Phi) is 6.62. The van der Waals surface area contributed by atoms with E-state index in [0.717, 1.165) is 5.39 Å². The van der Waals surface area contributed by atoms with Gasteiger partial charge in [-0.25, -0.2) is 0 Å². The van der Waals surface area contributed by atoms with Gasteiger partial charge in [-0.05, 0) is 55.4 Å². The van der Waals surface area contributed by atoms with Gasteiger partial charge >= 0.3 is 0 Å². The Labute approximate surface area is 234 Å². The SMILES string of the molecule is Cl.[2H]C([2H])([2H])C([2H])([2H])[n+]1c(-c2ccccc2)c2cc(N=NNc3cccc(C(=N)N)c3)ccc2c2ccc(N)cc21.[Cl-]. The third-order valence-corrected chi connectivity index (χ3v) is 5.71. The topological polar surface area (TPSA) is 117 Å². The summed E-state index contributed by atoms with van der Waals surface area (Å²) in [5.74, 6) is -0.0669. The molecule has 0 fully saturated rings. The lowest BCUT2D eigenvalue weighted by atomic mass is 9.98. The van der Waals surface area contributed by atoms with Crippen LogP contribution in [-0.4, -0.2) is 5.84 Å². The highest BCUT2D eigenvalue weighted by Gasteiger charge is 2.22. The lowest BCUT2D eigenvalue weighted by Crippen LogP contribution is -3.00. The van der Waals surface area contributed by atoms with Crippen LogP contribution in [0.4, 0.5) is 17.1 Å². The van der Waals surface area contributed by atoms with Gasteiger partial charge in [0.2, 0.25) is 11.2 Å². The van der Waals surface area contributed by atoms with Crippen molar-refractivity contribution in [1.29, 1.82) is 5.41 Å². The highest BCUT2D eigenvalue weighted by atomic mass is 35.5. The number of benzene rings is 4. The van der Waals surface area contributed by atoms with E-state index in [-0.39, 0.29) is 30.6 Å². The Morgan fingerprint density at radius 3 is 2.51 bits per heavy atom. The average molecular weight is 538 g/mol. The molecule has 0 saturated carbocycles. The summed E-state index contributed by atoms with van der Waals surface area (Å²) in [6.45, 7) is -5.76. The third-order valence-electron chi connectivity index (χ3n) is 5.71. The van der Waals surface area contributed by atoms with Gasteiger partial charge in [-0.15, -0.1) is 17.5 Å². The zero-order valence-corrected chi connectivity index (χ0v) is 21.0. The van der Waals surface area contributed by atoms with Gasteiger partial charge in [0.15, 0.2) is 0 Å². The van der Waals surface area contributed by atoms with E-state index < -0.39 is 13.3 Å². The molecule has 5 aromatic rings. The second-order valence-corrected chi connectivity index (χ2v) is 7.97. The summed E-state index contributed by atoms with van der Waals surface area (Å²) >= 11 is 0. The highest BCUT2D eigenvalue weighted by Crippen LogP contribution is 2.34. The Bertz CT molecular complexity index is 1800. The quantitative estimate of drug-likeness (QED) is 0.0506. The van der Waals surface area contributed by atoms with Gasteiger partial charge in [0, 0.05) is 32.4 Å². The van der Waals surface area contributed by atoms with Crippen LogP contribution in [-0.2, 0) is 6.50 Å². The molecule has 188 valence electrons. The fourth-order valence-electron chi connectivity index (χ4n) is 4.12. The van der Waals surface area contributed by atoms with Gasteiger partial charge in [-0.2, -0.15) is 4.57 Å². The van der Waals surface area contributed by atoms with Gasteiger partial charge in [0.05, 0.1) is 22.1 Å². The molecule has 4 aromatic carbocycles. The number of aromatic nitrogens is 1. The average Bonchev–Trinajstić information content (AvgIpc) is 2.92. The molecule has 0 amide bonds. The maximum Gasteiger partial charge on any atom is 0.220 e. The fourth-order valence-corrected chi connectivity index (χ4v) is 4.12. The molecule has 0 saturated heterocycles. The minimum absolute atomic E-state index is 0. The summed E-state index contributed by atoms with van der Waals surface area (Å²) in [5.41, 5.74) is 17.8. The van der Waals surface area contributed by atoms with E-state index in [1.54, 1.807) is 66.7 Å². The number of amidine groups is 1. The van der Waals surface area contributed by atoms with Crippen molar-refractivity contribution >= 4 is 57.0 Å². The monoisotopic (exact) mass is 536 g/mol. The van der Waals surface area contributed by atoms with Crippen molar-refractivity contribution in [2.24, 2.45) is 16.1 Å². The van der Waals surface area contributed by atoms with Crippen LogP contribution in [0.25, 0.3) is 32.9 Å². The van der Waals surface area contributed by atoms with Gasteiger partial charge < -0.3 is 23.9 Å². The second kappa shape index (κ2) is 11.7. The van der Waals surface area contributed by atoms with Crippen LogP contribution in [0, 0.1) is 5.41 Å². The van der Waals surface area contributed by atoms with Crippen molar-refractivity contribution in [2.75, 3.05) is 11.2 Å². The second-order valence-electron chi connectivity index (χ2n) is 7.97.